The third-order valence-corrected chi connectivity index (χ3v) is 5.05. The van der Waals surface area contributed by atoms with Crippen LogP contribution in [-0.2, 0) is 4.74 Å². The molecule has 10 heteroatoms. The summed E-state index contributed by atoms with van der Waals surface area (Å²) in [6.07, 6.45) is 4.78. The minimum Gasteiger partial charge on any atom is -0.444 e. The number of para-hydroxylation sites is 1. The van der Waals surface area contributed by atoms with E-state index >= 15 is 0 Å². The summed E-state index contributed by atoms with van der Waals surface area (Å²) in [6, 6.07) is 13.8. The van der Waals surface area contributed by atoms with Crippen molar-refractivity contribution in [1.82, 2.24) is 9.97 Å². The molecule has 2 N–H and O–H groups in total. The van der Waals surface area contributed by atoms with E-state index in [4.69, 9.17) is 16.3 Å². The van der Waals surface area contributed by atoms with Crippen LogP contribution >= 0.6 is 24.0 Å². The van der Waals surface area contributed by atoms with Crippen LogP contribution in [0.25, 0.3) is 0 Å². The van der Waals surface area contributed by atoms with Gasteiger partial charge in [0.2, 0.25) is 0 Å². The summed E-state index contributed by atoms with van der Waals surface area (Å²) >= 11 is 5.82. The van der Waals surface area contributed by atoms with E-state index in [9.17, 15) is 9.59 Å². The van der Waals surface area contributed by atoms with Crippen LogP contribution in [0.1, 0.15) is 16.8 Å². The maximum absolute atomic E-state index is 12.7. The lowest BCUT2D eigenvalue weighted by molar-refractivity contribution is 0.102. The molecular formula is C22H21Cl2N5O3. The average molecular weight is 474 g/mol. The van der Waals surface area contributed by atoms with Gasteiger partial charge in [-0.15, -0.1) is 12.4 Å². The van der Waals surface area contributed by atoms with E-state index in [-0.39, 0.29) is 18.5 Å². The second-order valence-corrected chi connectivity index (χ2v) is 7.39. The van der Waals surface area contributed by atoms with Gasteiger partial charge >= 0.3 is 6.09 Å². The van der Waals surface area contributed by atoms with Crippen LogP contribution in [0, 0.1) is 0 Å². The van der Waals surface area contributed by atoms with Crippen LogP contribution in [0.4, 0.5) is 22.0 Å². The van der Waals surface area contributed by atoms with Crippen molar-refractivity contribution in [3.05, 3.63) is 77.7 Å². The molecule has 0 saturated carbocycles. The van der Waals surface area contributed by atoms with E-state index in [1.165, 1.54) is 6.20 Å². The Morgan fingerprint density at radius 3 is 2.59 bits per heavy atom. The van der Waals surface area contributed by atoms with Crippen LogP contribution in [-0.4, -0.2) is 41.2 Å². The van der Waals surface area contributed by atoms with Gasteiger partial charge < -0.3 is 15.0 Å². The summed E-state index contributed by atoms with van der Waals surface area (Å²) in [6.45, 7) is 1.39. The Kier molecular flexibility index (Phi) is 7.86. The highest BCUT2D eigenvalue weighted by molar-refractivity contribution is 6.30. The van der Waals surface area contributed by atoms with Gasteiger partial charge in [-0.25, -0.2) is 9.78 Å². The molecule has 0 spiro atoms. The predicted molar refractivity (Wildman–Crippen MR) is 126 cm³/mol. The van der Waals surface area contributed by atoms with E-state index in [2.05, 4.69) is 25.5 Å². The molecule has 1 saturated heterocycles. The lowest BCUT2D eigenvalue weighted by Gasteiger charge is -2.18. The molecule has 32 heavy (non-hydrogen) atoms. The molecule has 1 unspecified atom stereocenters. The van der Waals surface area contributed by atoms with Crippen molar-refractivity contribution in [2.75, 3.05) is 28.6 Å². The van der Waals surface area contributed by atoms with E-state index in [1.807, 2.05) is 12.1 Å². The third kappa shape index (κ3) is 5.87. The van der Waals surface area contributed by atoms with Gasteiger partial charge in [0, 0.05) is 37.2 Å². The van der Waals surface area contributed by atoms with Gasteiger partial charge in [0.05, 0.1) is 22.8 Å². The highest BCUT2D eigenvalue weighted by Gasteiger charge is 2.26. The number of aromatic nitrogens is 2. The second-order valence-electron chi connectivity index (χ2n) is 6.95. The topological polar surface area (TPSA) is 96.5 Å². The molecule has 1 atom stereocenters. The van der Waals surface area contributed by atoms with Crippen LogP contribution < -0.4 is 15.5 Å². The molecule has 0 aliphatic carbocycles. The Labute approximate surface area is 196 Å². The fourth-order valence-corrected chi connectivity index (χ4v) is 3.44. The zero-order chi connectivity index (χ0) is 21.6. The first-order valence-electron chi connectivity index (χ1n) is 9.73. The van der Waals surface area contributed by atoms with Crippen LogP contribution in [0.15, 0.2) is 67.1 Å². The van der Waals surface area contributed by atoms with E-state index in [1.54, 1.807) is 48.8 Å². The SMILES string of the molecule is Cl.O=C(Nc1ccccc1C(=O)Nc1ccc(Cl)cn1)OC1CCN(c2ccncc2)C1. The van der Waals surface area contributed by atoms with Crippen LogP contribution in [0.2, 0.25) is 5.02 Å². The number of nitrogens with zero attached hydrogens (tertiary/aromatic N) is 3. The maximum Gasteiger partial charge on any atom is 0.411 e. The summed E-state index contributed by atoms with van der Waals surface area (Å²) in [5.74, 6) is -0.0515. The average Bonchev–Trinajstić information content (AvgIpc) is 3.24. The molecule has 8 nitrogen and oxygen atoms in total. The van der Waals surface area contributed by atoms with Gasteiger partial charge in [0.15, 0.2) is 0 Å². The Morgan fingerprint density at radius 2 is 1.84 bits per heavy atom. The number of amides is 2. The molecule has 0 radical (unpaired) electrons. The standard InChI is InChI=1S/C22H20ClN5O3.ClH/c23-15-5-6-20(25-13-15)27-21(29)18-3-1-2-4-19(18)26-22(30)31-17-9-12-28(14-17)16-7-10-24-11-8-16;/h1-8,10-11,13,17H,9,12,14H2,(H,26,30)(H,25,27,29);1H. The molecular weight excluding hydrogens is 453 g/mol. The molecule has 1 aliphatic rings. The number of hydrogen-bond acceptors (Lipinski definition) is 6. The lowest BCUT2D eigenvalue weighted by Crippen LogP contribution is -2.27. The first kappa shape index (κ1) is 23.3. The first-order valence-corrected chi connectivity index (χ1v) is 10.1. The fourth-order valence-electron chi connectivity index (χ4n) is 3.33. The molecule has 2 amide bonds. The molecule has 3 heterocycles. The summed E-state index contributed by atoms with van der Waals surface area (Å²) in [5, 5.41) is 5.83. The van der Waals surface area contributed by atoms with E-state index < -0.39 is 12.0 Å². The number of nitrogens with one attached hydrogen (secondary N) is 2. The normalized spacial score (nSPS) is 14.9. The zero-order valence-electron chi connectivity index (χ0n) is 16.9. The van der Waals surface area contributed by atoms with Gasteiger partial charge in [-0.05, 0) is 36.4 Å². The second kappa shape index (κ2) is 10.8. The first-order chi connectivity index (χ1) is 15.1. The number of rotatable bonds is 5. The molecule has 2 aromatic heterocycles. The Hall–Kier alpha value is -3.36. The Balaban J connectivity index is 0.00000289. The van der Waals surface area contributed by atoms with Crippen molar-refractivity contribution < 1.29 is 14.3 Å². The van der Waals surface area contributed by atoms with Crippen LogP contribution in [0.3, 0.4) is 0 Å². The van der Waals surface area contributed by atoms with Crippen molar-refractivity contribution in [3.63, 3.8) is 0 Å². The van der Waals surface area contributed by atoms with Crippen molar-refractivity contribution >= 4 is 53.2 Å². The lowest BCUT2D eigenvalue weighted by atomic mass is 10.1. The number of carbonyl (C=O) groups is 2. The van der Waals surface area contributed by atoms with Gasteiger partial charge in [-0.3, -0.25) is 15.1 Å². The van der Waals surface area contributed by atoms with Gasteiger partial charge in [0.25, 0.3) is 5.91 Å². The zero-order valence-corrected chi connectivity index (χ0v) is 18.5. The monoisotopic (exact) mass is 473 g/mol. The fraction of sp³-hybridized carbons (Fsp3) is 0.182. The van der Waals surface area contributed by atoms with Gasteiger partial charge in [-0.2, -0.15) is 0 Å². The van der Waals surface area contributed by atoms with E-state index in [0.717, 1.165) is 18.7 Å². The quantitative estimate of drug-likeness (QED) is 0.560. The molecule has 4 rings (SSSR count). The maximum atomic E-state index is 12.7. The van der Waals surface area contributed by atoms with Crippen molar-refractivity contribution in [2.24, 2.45) is 0 Å². The number of ether oxygens (including phenoxy) is 1. The number of halogens is 2. The summed E-state index contributed by atoms with van der Waals surface area (Å²) in [7, 11) is 0. The van der Waals surface area contributed by atoms with Gasteiger partial charge in [0.1, 0.15) is 11.9 Å². The van der Waals surface area contributed by atoms with Gasteiger partial charge in [-0.1, -0.05) is 23.7 Å². The summed E-state index contributed by atoms with van der Waals surface area (Å²) < 4.78 is 5.57. The highest BCUT2D eigenvalue weighted by atomic mass is 35.5. The number of benzene rings is 1. The summed E-state index contributed by atoms with van der Waals surface area (Å²) in [5.41, 5.74) is 1.68. The van der Waals surface area contributed by atoms with Crippen LogP contribution in [0.5, 0.6) is 0 Å². The number of anilines is 3. The predicted octanol–water partition coefficient (Wildman–Crippen LogP) is 4.63. The van der Waals surface area contributed by atoms with Crippen molar-refractivity contribution in [2.45, 2.75) is 12.5 Å². The smallest absolute Gasteiger partial charge is 0.411 e. The minimum atomic E-state index is -0.605. The van der Waals surface area contributed by atoms with Crippen molar-refractivity contribution in [3.8, 4) is 0 Å². The van der Waals surface area contributed by atoms with Crippen molar-refractivity contribution in [1.29, 1.82) is 0 Å². The largest absolute Gasteiger partial charge is 0.444 e. The minimum absolute atomic E-state index is 0. The summed E-state index contributed by atoms with van der Waals surface area (Å²) in [4.78, 5) is 35.3. The number of pyridine rings is 2. The molecule has 1 aliphatic heterocycles. The molecule has 1 aromatic carbocycles. The van der Waals surface area contributed by atoms with E-state index in [0.29, 0.717) is 28.6 Å². The Bertz CT molecular complexity index is 1070. The number of carbonyl (C=O) groups excluding carboxylic acids is 2. The molecule has 1 fully saturated rings. The Morgan fingerprint density at radius 1 is 1.06 bits per heavy atom. The number of hydrogen-bond donors (Lipinski definition) is 2. The molecule has 166 valence electrons. The third-order valence-electron chi connectivity index (χ3n) is 4.82. The highest BCUT2D eigenvalue weighted by Crippen LogP contribution is 2.22. The molecule has 0 bridgehead atoms. The molecule has 3 aromatic rings.